The van der Waals surface area contributed by atoms with Gasteiger partial charge in [-0.2, -0.15) is 0 Å². The summed E-state index contributed by atoms with van der Waals surface area (Å²) in [4.78, 5) is 13.8. The van der Waals surface area contributed by atoms with Gasteiger partial charge in [0.15, 0.2) is 0 Å². The normalized spacial score (nSPS) is 15.5. The fourth-order valence-corrected chi connectivity index (χ4v) is 3.61. The van der Waals surface area contributed by atoms with Gasteiger partial charge in [-0.05, 0) is 55.3 Å². The van der Waals surface area contributed by atoms with Crippen molar-refractivity contribution in [1.82, 2.24) is 4.90 Å². The van der Waals surface area contributed by atoms with Gasteiger partial charge in [0.05, 0.1) is 20.6 Å². The number of fused-ring (bicyclic) bond motifs is 1. The Bertz CT molecular complexity index is 817. The van der Waals surface area contributed by atoms with Crippen molar-refractivity contribution in [3.8, 4) is 22.6 Å². The van der Waals surface area contributed by atoms with Gasteiger partial charge in [-0.3, -0.25) is 4.79 Å². The van der Waals surface area contributed by atoms with Crippen LogP contribution in [0.5, 0.6) is 11.5 Å². The minimum absolute atomic E-state index is 0.0406. The van der Waals surface area contributed by atoms with Crippen molar-refractivity contribution in [2.45, 2.75) is 19.3 Å². The number of amides is 1. The highest BCUT2D eigenvalue weighted by Crippen LogP contribution is 2.36. The lowest BCUT2D eigenvalue weighted by Gasteiger charge is -2.11. The molecule has 150 valence electrons. The van der Waals surface area contributed by atoms with E-state index in [0.29, 0.717) is 6.42 Å². The Labute approximate surface area is 166 Å². The maximum atomic E-state index is 11.4. The molecule has 0 radical (unpaired) electrons. The summed E-state index contributed by atoms with van der Waals surface area (Å²) in [6.45, 7) is 4.47. The molecule has 6 nitrogen and oxygen atoms in total. The molecule has 28 heavy (non-hydrogen) atoms. The van der Waals surface area contributed by atoms with Gasteiger partial charge in [0.25, 0.3) is 0 Å². The smallest absolute Gasteiger partial charge is 0.228 e. The summed E-state index contributed by atoms with van der Waals surface area (Å²) >= 11 is 0. The summed E-state index contributed by atoms with van der Waals surface area (Å²) in [5.41, 5.74) is 9.25. The molecule has 0 atom stereocenters. The van der Waals surface area contributed by atoms with E-state index < -0.39 is 0 Å². The highest BCUT2D eigenvalue weighted by molar-refractivity contribution is 6.00. The number of hydrogen-bond donors (Lipinski definition) is 2. The lowest BCUT2D eigenvalue weighted by atomic mass is 10.0. The SMILES string of the molecule is COc1ccc(-c2ccc3c(c2)NC(=O)C3)c(OC)c1.NCCN1CCCC1. The van der Waals surface area contributed by atoms with Gasteiger partial charge >= 0.3 is 0 Å². The van der Waals surface area contributed by atoms with Gasteiger partial charge in [-0.15, -0.1) is 0 Å². The molecule has 2 aliphatic heterocycles. The van der Waals surface area contributed by atoms with Crippen LogP contribution in [0.3, 0.4) is 0 Å². The Morgan fingerprint density at radius 2 is 1.86 bits per heavy atom. The van der Waals surface area contributed by atoms with Crippen LogP contribution in [0, 0.1) is 0 Å². The van der Waals surface area contributed by atoms with Crippen LogP contribution < -0.4 is 20.5 Å². The molecule has 6 heteroatoms. The van der Waals surface area contributed by atoms with E-state index in [1.54, 1.807) is 14.2 Å². The summed E-state index contributed by atoms with van der Waals surface area (Å²) in [5, 5.41) is 2.86. The summed E-state index contributed by atoms with van der Waals surface area (Å²) < 4.78 is 10.6. The number of carbonyl (C=O) groups is 1. The molecule has 1 fully saturated rings. The van der Waals surface area contributed by atoms with Crippen LogP contribution in [-0.4, -0.2) is 51.2 Å². The summed E-state index contributed by atoms with van der Waals surface area (Å²) in [6, 6.07) is 11.7. The van der Waals surface area contributed by atoms with Crippen LogP contribution in [0.1, 0.15) is 18.4 Å². The lowest BCUT2D eigenvalue weighted by Crippen LogP contribution is -2.26. The van der Waals surface area contributed by atoms with E-state index in [-0.39, 0.29) is 5.91 Å². The molecule has 0 aromatic heterocycles. The summed E-state index contributed by atoms with van der Waals surface area (Å²) in [7, 11) is 3.26. The molecule has 0 aliphatic carbocycles. The fourth-order valence-electron chi connectivity index (χ4n) is 3.61. The monoisotopic (exact) mass is 383 g/mol. The van der Waals surface area contributed by atoms with Gasteiger partial charge in [0, 0.05) is 30.4 Å². The quantitative estimate of drug-likeness (QED) is 0.830. The number of ether oxygens (including phenoxy) is 2. The molecular formula is C22H29N3O3. The third-order valence-corrected chi connectivity index (χ3v) is 5.10. The number of nitrogens with two attached hydrogens (primary N) is 1. The van der Waals surface area contributed by atoms with E-state index in [1.165, 1.54) is 25.9 Å². The predicted molar refractivity (Wildman–Crippen MR) is 112 cm³/mol. The number of methoxy groups -OCH3 is 2. The van der Waals surface area contributed by atoms with E-state index in [2.05, 4.69) is 10.2 Å². The molecule has 2 heterocycles. The van der Waals surface area contributed by atoms with Crippen molar-refractivity contribution in [2.75, 3.05) is 45.7 Å². The first-order chi connectivity index (χ1) is 13.6. The second-order valence-electron chi connectivity index (χ2n) is 7.00. The van der Waals surface area contributed by atoms with E-state index in [4.69, 9.17) is 15.2 Å². The first kappa shape index (κ1) is 20.2. The maximum absolute atomic E-state index is 11.4. The van der Waals surface area contributed by atoms with Crippen LogP contribution in [0.4, 0.5) is 5.69 Å². The van der Waals surface area contributed by atoms with Crippen LogP contribution in [0.2, 0.25) is 0 Å². The van der Waals surface area contributed by atoms with Crippen molar-refractivity contribution >= 4 is 11.6 Å². The van der Waals surface area contributed by atoms with Crippen LogP contribution in [0.25, 0.3) is 11.1 Å². The minimum atomic E-state index is 0.0406. The van der Waals surface area contributed by atoms with Crippen LogP contribution in [-0.2, 0) is 11.2 Å². The van der Waals surface area contributed by atoms with E-state index in [0.717, 1.165) is 47.0 Å². The molecule has 4 rings (SSSR count). The molecule has 2 aliphatic rings. The standard InChI is InChI=1S/C16H15NO3.C6H14N2/c1-19-12-5-6-13(15(9-12)20-2)10-3-4-11-8-16(18)17-14(11)7-10;7-3-6-8-4-1-2-5-8/h3-7,9H,8H2,1-2H3,(H,17,18);1-7H2. The van der Waals surface area contributed by atoms with E-state index >= 15 is 0 Å². The highest BCUT2D eigenvalue weighted by atomic mass is 16.5. The number of benzene rings is 2. The van der Waals surface area contributed by atoms with Gasteiger partial charge in [-0.1, -0.05) is 12.1 Å². The van der Waals surface area contributed by atoms with Crippen molar-refractivity contribution in [3.05, 3.63) is 42.0 Å². The number of likely N-dealkylation sites (tertiary alicyclic amines) is 1. The fraction of sp³-hybridized carbons (Fsp3) is 0.409. The van der Waals surface area contributed by atoms with Gasteiger partial charge in [0.1, 0.15) is 11.5 Å². The zero-order valence-corrected chi connectivity index (χ0v) is 16.7. The van der Waals surface area contributed by atoms with Crippen LogP contribution in [0.15, 0.2) is 36.4 Å². The molecular weight excluding hydrogens is 354 g/mol. The van der Waals surface area contributed by atoms with Gasteiger partial charge < -0.3 is 25.4 Å². The third kappa shape index (κ3) is 4.82. The number of nitrogens with zero attached hydrogens (tertiary/aromatic N) is 1. The molecule has 1 saturated heterocycles. The maximum Gasteiger partial charge on any atom is 0.228 e. The lowest BCUT2D eigenvalue weighted by molar-refractivity contribution is -0.115. The average molecular weight is 383 g/mol. The minimum Gasteiger partial charge on any atom is -0.497 e. The molecule has 0 unspecified atom stereocenters. The number of hydrogen-bond acceptors (Lipinski definition) is 5. The van der Waals surface area contributed by atoms with Crippen molar-refractivity contribution < 1.29 is 14.3 Å². The summed E-state index contributed by atoms with van der Waals surface area (Å²) in [5.74, 6) is 1.53. The second-order valence-corrected chi connectivity index (χ2v) is 7.00. The van der Waals surface area contributed by atoms with Crippen LogP contribution >= 0.6 is 0 Å². The molecule has 2 aromatic rings. The van der Waals surface area contributed by atoms with Crippen molar-refractivity contribution in [3.63, 3.8) is 0 Å². The first-order valence-electron chi connectivity index (χ1n) is 9.72. The van der Waals surface area contributed by atoms with Crippen molar-refractivity contribution in [2.24, 2.45) is 5.73 Å². The Hall–Kier alpha value is -2.57. The largest absolute Gasteiger partial charge is 0.497 e. The zero-order chi connectivity index (χ0) is 19.9. The third-order valence-electron chi connectivity index (χ3n) is 5.10. The van der Waals surface area contributed by atoms with E-state index in [9.17, 15) is 4.79 Å². The molecule has 0 spiro atoms. The average Bonchev–Trinajstić information content (AvgIpc) is 3.36. The number of nitrogens with one attached hydrogen (secondary N) is 1. The Kier molecular flexibility index (Phi) is 6.90. The number of anilines is 1. The highest BCUT2D eigenvalue weighted by Gasteiger charge is 2.18. The van der Waals surface area contributed by atoms with Crippen molar-refractivity contribution in [1.29, 1.82) is 0 Å². The number of carbonyl (C=O) groups excluding carboxylic acids is 1. The molecule has 3 N–H and O–H groups in total. The molecule has 0 bridgehead atoms. The summed E-state index contributed by atoms with van der Waals surface area (Å²) in [6.07, 6.45) is 3.20. The number of rotatable bonds is 5. The zero-order valence-electron chi connectivity index (χ0n) is 16.7. The second kappa shape index (κ2) is 9.57. The Balaban J connectivity index is 0.000000236. The first-order valence-corrected chi connectivity index (χ1v) is 9.72. The predicted octanol–water partition coefficient (Wildman–Crippen LogP) is 2.91. The van der Waals surface area contributed by atoms with E-state index in [1.807, 2.05) is 36.4 Å². The Morgan fingerprint density at radius 3 is 2.54 bits per heavy atom. The molecule has 0 saturated carbocycles. The van der Waals surface area contributed by atoms with Gasteiger partial charge in [-0.25, -0.2) is 0 Å². The van der Waals surface area contributed by atoms with Gasteiger partial charge in [0.2, 0.25) is 5.91 Å². The molecule has 2 aromatic carbocycles. The molecule has 1 amide bonds. The Morgan fingerprint density at radius 1 is 1.07 bits per heavy atom. The topological polar surface area (TPSA) is 76.8 Å².